The summed E-state index contributed by atoms with van der Waals surface area (Å²) in [6.07, 6.45) is 1.58. The molecule has 3 aliphatic heterocycles. The van der Waals surface area contributed by atoms with Crippen LogP contribution in [0.5, 0.6) is 0 Å². The molecule has 2 bridgehead atoms. The van der Waals surface area contributed by atoms with E-state index in [0.29, 0.717) is 15.7 Å². The highest BCUT2D eigenvalue weighted by atomic mass is 35.5. The summed E-state index contributed by atoms with van der Waals surface area (Å²) in [5, 5.41) is 3.94. The Bertz CT molecular complexity index is 638. The summed E-state index contributed by atoms with van der Waals surface area (Å²) < 4.78 is 5.70. The van der Waals surface area contributed by atoms with Gasteiger partial charge in [-0.3, -0.25) is 14.5 Å². The van der Waals surface area contributed by atoms with E-state index in [-0.39, 0.29) is 42.5 Å². The first-order valence-electron chi connectivity index (χ1n) is 7.26. The molecule has 116 valence electrons. The first-order chi connectivity index (χ1) is 10.6. The van der Waals surface area contributed by atoms with E-state index in [9.17, 15) is 9.59 Å². The molecule has 0 saturated carbocycles. The molecule has 0 unspecified atom stereocenters. The van der Waals surface area contributed by atoms with Gasteiger partial charge < -0.3 is 10.1 Å². The Kier molecular flexibility index (Phi) is 3.33. The molecule has 4 atom stereocenters. The van der Waals surface area contributed by atoms with Gasteiger partial charge in [-0.1, -0.05) is 23.2 Å². The summed E-state index contributed by atoms with van der Waals surface area (Å²) in [6.45, 7) is 0.141. The molecule has 22 heavy (non-hydrogen) atoms. The minimum absolute atomic E-state index is 0.0820. The van der Waals surface area contributed by atoms with E-state index in [1.54, 1.807) is 18.2 Å². The fourth-order valence-corrected chi connectivity index (χ4v) is 4.00. The van der Waals surface area contributed by atoms with Crippen LogP contribution in [0.2, 0.25) is 10.0 Å². The zero-order valence-corrected chi connectivity index (χ0v) is 13.1. The molecule has 5 nitrogen and oxygen atoms in total. The number of hydrogen-bond acceptors (Lipinski definition) is 4. The fraction of sp³-hybridized carbons (Fsp3) is 0.467. The van der Waals surface area contributed by atoms with Gasteiger partial charge in [-0.25, -0.2) is 0 Å². The highest BCUT2D eigenvalue weighted by molar-refractivity contribution is 6.42. The lowest BCUT2D eigenvalue weighted by molar-refractivity contribution is -0.142. The van der Waals surface area contributed by atoms with E-state index in [2.05, 4.69) is 5.32 Å². The molecular weight excluding hydrogens is 327 g/mol. The van der Waals surface area contributed by atoms with Crippen molar-refractivity contribution in [3.63, 3.8) is 0 Å². The van der Waals surface area contributed by atoms with Crippen LogP contribution < -0.4 is 5.32 Å². The number of hydrogen-bond donors (Lipinski definition) is 1. The molecule has 0 aromatic heterocycles. The zero-order chi connectivity index (χ0) is 15.4. The molecule has 2 amide bonds. The maximum atomic E-state index is 12.5. The summed E-state index contributed by atoms with van der Waals surface area (Å²) in [7, 11) is 0. The standard InChI is InChI=1S/C15H14Cl2N2O3/c16-8-2-1-7(5-9(8)17)18-6-19-14(20)12-10-3-4-11(22-10)13(12)15(19)21/h1-2,5,10-13,18H,3-4,6H2/t10-,11-,12-,13-/m1/s1. The van der Waals surface area contributed by atoms with E-state index in [0.717, 1.165) is 12.8 Å². The molecule has 1 aromatic rings. The lowest BCUT2D eigenvalue weighted by Crippen LogP contribution is -2.38. The lowest BCUT2D eigenvalue weighted by atomic mass is 9.81. The molecule has 3 heterocycles. The number of amides is 2. The van der Waals surface area contributed by atoms with Crippen molar-refractivity contribution in [1.29, 1.82) is 0 Å². The topological polar surface area (TPSA) is 58.6 Å². The number of halogens is 2. The quantitative estimate of drug-likeness (QED) is 0.859. The Morgan fingerprint density at radius 2 is 1.73 bits per heavy atom. The third-order valence-electron chi connectivity index (χ3n) is 4.74. The summed E-state index contributed by atoms with van der Waals surface area (Å²) in [5.74, 6) is -0.840. The fourth-order valence-electron chi connectivity index (χ4n) is 3.71. The predicted octanol–water partition coefficient (Wildman–Crippen LogP) is 2.53. The van der Waals surface area contributed by atoms with Gasteiger partial charge in [0, 0.05) is 5.69 Å². The SMILES string of the molecule is O=C1[C@H]2[C@H](C(=O)N1CNc1ccc(Cl)c(Cl)c1)[C@H]1CC[C@H]2O1. The molecule has 3 fully saturated rings. The van der Waals surface area contributed by atoms with Crippen LogP contribution in [0.25, 0.3) is 0 Å². The number of fused-ring (bicyclic) bond motifs is 5. The number of imide groups is 1. The van der Waals surface area contributed by atoms with E-state index in [1.165, 1.54) is 4.90 Å². The van der Waals surface area contributed by atoms with E-state index in [4.69, 9.17) is 27.9 Å². The van der Waals surface area contributed by atoms with Crippen LogP contribution in [-0.2, 0) is 14.3 Å². The van der Waals surface area contributed by atoms with Crippen molar-refractivity contribution < 1.29 is 14.3 Å². The molecule has 4 rings (SSSR count). The number of ether oxygens (including phenoxy) is 1. The third-order valence-corrected chi connectivity index (χ3v) is 5.48. The van der Waals surface area contributed by atoms with Crippen molar-refractivity contribution in [2.45, 2.75) is 25.0 Å². The van der Waals surface area contributed by atoms with E-state index < -0.39 is 0 Å². The Morgan fingerprint density at radius 1 is 1.09 bits per heavy atom. The second-order valence-corrected chi connectivity index (χ2v) is 6.72. The average molecular weight is 341 g/mol. The Morgan fingerprint density at radius 3 is 2.32 bits per heavy atom. The molecule has 0 aliphatic carbocycles. The summed E-state index contributed by atoms with van der Waals surface area (Å²) in [4.78, 5) is 26.2. The van der Waals surface area contributed by atoms with Gasteiger partial charge in [0.25, 0.3) is 0 Å². The molecule has 3 aliphatic rings. The molecule has 1 aromatic carbocycles. The average Bonchev–Trinajstić information content (AvgIpc) is 3.16. The highest BCUT2D eigenvalue weighted by Crippen LogP contribution is 2.48. The zero-order valence-electron chi connectivity index (χ0n) is 11.6. The second kappa shape index (κ2) is 5.11. The number of likely N-dealkylation sites (tertiary alicyclic amines) is 1. The van der Waals surface area contributed by atoms with Crippen molar-refractivity contribution in [2.24, 2.45) is 11.8 Å². The normalized spacial score (nSPS) is 32.7. The number of rotatable bonds is 3. The molecule has 3 saturated heterocycles. The molecular formula is C15H14Cl2N2O3. The Balaban J connectivity index is 1.48. The van der Waals surface area contributed by atoms with Gasteiger partial charge in [-0.15, -0.1) is 0 Å². The van der Waals surface area contributed by atoms with Crippen LogP contribution in [0.3, 0.4) is 0 Å². The van der Waals surface area contributed by atoms with Gasteiger partial charge in [-0.2, -0.15) is 0 Å². The summed E-state index contributed by atoms with van der Waals surface area (Å²) in [6, 6.07) is 5.10. The first-order valence-corrected chi connectivity index (χ1v) is 8.01. The lowest BCUT2D eigenvalue weighted by Gasteiger charge is -2.18. The Labute approximate surface area is 137 Å². The van der Waals surface area contributed by atoms with Crippen molar-refractivity contribution in [3.05, 3.63) is 28.2 Å². The van der Waals surface area contributed by atoms with Crippen molar-refractivity contribution in [1.82, 2.24) is 4.90 Å². The van der Waals surface area contributed by atoms with E-state index in [1.807, 2.05) is 0 Å². The number of anilines is 1. The number of nitrogens with one attached hydrogen (secondary N) is 1. The van der Waals surface area contributed by atoms with Gasteiger partial charge >= 0.3 is 0 Å². The molecule has 1 N–H and O–H groups in total. The molecule has 0 radical (unpaired) electrons. The minimum atomic E-state index is -0.290. The van der Waals surface area contributed by atoms with Crippen LogP contribution in [0.1, 0.15) is 12.8 Å². The third kappa shape index (κ3) is 2.03. The summed E-state index contributed by atoms with van der Waals surface area (Å²) in [5.41, 5.74) is 0.714. The maximum absolute atomic E-state index is 12.5. The van der Waals surface area contributed by atoms with Gasteiger partial charge in [0.2, 0.25) is 11.8 Å². The summed E-state index contributed by atoms with van der Waals surface area (Å²) >= 11 is 11.8. The van der Waals surface area contributed by atoms with Crippen molar-refractivity contribution in [2.75, 3.05) is 12.0 Å². The van der Waals surface area contributed by atoms with Gasteiger partial charge in [0.15, 0.2) is 0 Å². The monoisotopic (exact) mass is 340 g/mol. The van der Waals surface area contributed by atoms with Crippen LogP contribution in [0.4, 0.5) is 5.69 Å². The van der Waals surface area contributed by atoms with Gasteiger partial charge in [0.05, 0.1) is 40.8 Å². The minimum Gasteiger partial charge on any atom is -0.373 e. The molecule has 7 heteroatoms. The molecule has 0 spiro atoms. The smallest absolute Gasteiger partial charge is 0.237 e. The van der Waals surface area contributed by atoms with Gasteiger partial charge in [-0.05, 0) is 31.0 Å². The number of carbonyl (C=O) groups excluding carboxylic acids is 2. The van der Waals surface area contributed by atoms with Crippen molar-refractivity contribution in [3.8, 4) is 0 Å². The largest absolute Gasteiger partial charge is 0.373 e. The van der Waals surface area contributed by atoms with E-state index >= 15 is 0 Å². The number of carbonyl (C=O) groups is 2. The van der Waals surface area contributed by atoms with Crippen LogP contribution in [0, 0.1) is 11.8 Å². The van der Waals surface area contributed by atoms with Crippen LogP contribution >= 0.6 is 23.2 Å². The first kappa shape index (κ1) is 14.3. The van der Waals surface area contributed by atoms with Crippen LogP contribution in [0.15, 0.2) is 18.2 Å². The predicted molar refractivity (Wildman–Crippen MR) is 81.7 cm³/mol. The number of benzene rings is 1. The second-order valence-electron chi connectivity index (χ2n) is 5.91. The van der Waals surface area contributed by atoms with Gasteiger partial charge in [0.1, 0.15) is 0 Å². The van der Waals surface area contributed by atoms with Crippen molar-refractivity contribution >= 4 is 40.7 Å². The maximum Gasteiger partial charge on any atom is 0.237 e. The highest BCUT2D eigenvalue weighted by Gasteiger charge is 2.62. The number of nitrogens with zero attached hydrogens (tertiary/aromatic N) is 1. The van der Waals surface area contributed by atoms with Crippen LogP contribution in [-0.4, -0.2) is 35.6 Å². The Hall–Kier alpha value is -1.30.